The summed E-state index contributed by atoms with van der Waals surface area (Å²) in [5.74, 6) is 0.886. The minimum absolute atomic E-state index is 0.148. The molecule has 0 radical (unpaired) electrons. The quantitative estimate of drug-likeness (QED) is 0.947. The molecule has 16 heavy (non-hydrogen) atoms. The van der Waals surface area contributed by atoms with Crippen LogP contribution in [0, 0.1) is 0 Å². The Bertz CT molecular complexity index is 481. The highest BCUT2D eigenvalue weighted by molar-refractivity contribution is 9.10. The van der Waals surface area contributed by atoms with E-state index in [0.29, 0.717) is 11.7 Å². The van der Waals surface area contributed by atoms with Crippen LogP contribution in [-0.4, -0.2) is 21.4 Å². The van der Waals surface area contributed by atoms with Gasteiger partial charge in [-0.1, -0.05) is 12.1 Å². The van der Waals surface area contributed by atoms with E-state index in [-0.39, 0.29) is 5.92 Å². The van der Waals surface area contributed by atoms with Gasteiger partial charge in [0, 0.05) is 9.85 Å². The highest BCUT2D eigenvalue weighted by atomic mass is 79.9. The van der Waals surface area contributed by atoms with E-state index in [9.17, 15) is 5.11 Å². The number of aliphatic hydroxyl groups is 1. The molecule has 0 saturated heterocycles. The second-order valence-corrected chi connectivity index (χ2v) is 5.44. The standard InChI is InChI=1S/C10H11BrN2O2S/c1-5(6(2)14)10-12-9(13-15-10)8-3-7(11)4-16-8/h3-6,14H,1-2H3. The normalized spacial score (nSPS) is 15.0. The zero-order valence-corrected chi connectivity index (χ0v) is 11.2. The Hall–Kier alpha value is -0.720. The molecule has 2 heterocycles. The van der Waals surface area contributed by atoms with Crippen LogP contribution in [0.3, 0.4) is 0 Å². The third-order valence-corrected chi connectivity index (χ3v) is 4.03. The van der Waals surface area contributed by atoms with Gasteiger partial charge in [0.05, 0.1) is 16.9 Å². The van der Waals surface area contributed by atoms with E-state index in [2.05, 4.69) is 26.1 Å². The maximum absolute atomic E-state index is 9.43. The van der Waals surface area contributed by atoms with Gasteiger partial charge in [-0.2, -0.15) is 4.98 Å². The molecule has 0 spiro atoms. The molecule has 6 heteroatoms. The lowest BCUT2D eigenvalue weighted by molar-refractivity contribution is 0.151. The van der Waals surface area contributed by atoms with Gasteiger partial charge in [-0.25, -0.2) is 0 Å². The van der Waals surface area contributed by atoms with Crippen molar-refractivity contribution in [2.75, 3.05) is 0 Å². The minimum Gasteiger partial charge on any atom is -0.393 e. The third kappa shape index (κ3) is 2.34. The summed E-state index contributed by atoms with van der Waals surface area (Å²) in [4.78, 5) is 5.21. The summed E-state index contributed by atoms with van der Waals surface area (Å²) in [5.41, 5.74) is 0. The lowest BCUT2D eigenvalue weighted by Gasteiger charge is -2.07. The lowest BCUT2D eigenvalue weighted by Crippen LogP contribution is -2.11. The molecule has 4 nitrogen and oxygen atoms in total. The van der Waals surface area contributed by atoms with E-state index < -0.39 is 6.10 Å². The highest BCUT2D eigenvalue weighted by Gasteiger charge is 2.19. The lowest BCUT2D eigenvalue weighted by atomic mass is 10.1. The van der Waals surface area contributed by atoms with Crippen molar-refractivity contribution in [2.24, 2.45) is 0 Å². The Balaban J connectivity index is 2.26. The summed E-state index contributed by atoms with van der Waals surface area (Å²) < 4.78 is 6.12. The van der Waals surface area contributed by atoms with Gasteiger partial charge in [-0.05, 0) is 28.9 Å². The van der Waals surface area contributed by atoms with Gasteiger partial charge in [0.25, 0.3) is 0 Å². The molecular formula is C10H11BrN2O2S. The number of thiophene rings is 1. The van der Waals surface area contributed by atoms with E-state index >= 15 is 0 Å². The van der Waals surface area contributed by atoms with Crippen LogP contribution in [-0.2, 0) is 0 Å². The van der Waals surface area contributed by atoms with Crippen molar-refractivity contribution < 1.29 is 9.63 Å². The van der Waals surface area contributed by atoms with Crippen molar-refractivity contribution in [2.45, 2.75) is 25.9 Å². The van der Waals surface area contributed by atoms with Crippen molar-refractivity contribution >= 4 is 27.3 Å². The Kier molecular flexibility index (Phi) is 3.41. The van der Waals surface area contributed by atoms with E-state index in [1.807, 2.05) is 18.4 Å². The Morgan fingerprint density at radius 3 is 2.81 bits per heavy atom. The van der Waals surface area contributed by atoms with Gasteiger partial charge in [-0.3, -0.25) is 0 Å². The van der Waals surface area contributed by atoms with Gasteiger partial charge < -0.3 is 9.63 Å². The Morgan fingerprint density at radius 1 is 1.50 bits per heavy atom. The molecule has 0 aliphatic carbocycles. The molecule has 0 amide bonds. The van der Waals surface area contributed by atoms with Crippen molar-refractivity contribution in [3.8, 4) is 10.7 Å². The van der Waals surface area contributed by atoms with Gasteiger partial charge >= 0.3 is 0 Å². The van der Waals surface area contributed by atoms with Crippen molar-refractivity contribution in [3.63, 3.8) is 0 Å². The van der Waals surface area contributed by atoms with E-state index in [1.165, 1.54) is 0 Å². The molecule has 1 N–H and O–H groups in total. The number of hydrogen-bond acceptors (Lipinski definition) is 5. The van der Waals surface area contributed by atoms with Crippen LogP contribution in [0.4, 0.5) is 0 Å². The molecule has 0 aliphatic rings. The highest BCUT2D eigenvalue weighted by Crippen LogP contribution is 2.29. The summed E-state index contributed by atoms with van der Waals surface area (Å²) in [7, 11) is 0. The van der Waals surface area contributed by atoms with Gasteiger partial charge in [0.15, 0.2) is 0 Å². The summed E-state index contributed by atoms with van der Waals surface area (Å²) in [6.07, 6.45) is -0.497. The summed E-state index contributed by atoms with van der Waals surface area (Å²) in [5, 5.41) is 15.3. The first-order valence-electron chi connectivity index (χ1n) is 4.84. The predicted molar refractivity (Wildman–Crippen MR) is 65.4 cm³/mol. The molecule has 0 aliphatic heterocycles. The Labute approximate surface area is 105 Å². The third-order valence-electron chi connectivity index (χ3n) is 2.34. The maximum atomic E-state index is 9.43. The van der Waals surface area contributed by atoms with Crippen LogP contribution in [0.2, 0.25) is 0 Å². The smallest absolute Gasteiger partial charge is 0.232 e. The predicted octanol–water partition coefficient (Wildman–Crippen LogP) is 3.04. The first-order chi connectivity index (χ1) is 7.58. The number of hydrogen-bond donors (Lipinski definition) is 1. The summed E-state index contributed by atoms with van der Waals surface area (Å²) >= 11 is 4.91. The van der Waals surface area contributed by atoms with Crippen LogP contribution < -0.4 is 0 Å². The fraction of sp³-hybridized carbons (Fsp3) is 0.400. The van der Waals surface area contributed by atoms with Gasteiger partial charge in [0.1, 0.15) is 0 Å². The Morgan fingerprint density at radius 2 is 2.25 bits per heavy atom. The first-order valence-corrected chi connectivity index (χ1v) is 6.51. The SMILES string of the molecule is CC(O)C(C)c1nc(-c2cc(Br)cs2)no1. The molecule has 2 unspecified atom stereocenters. The zero-order valence-electron chi connectivity index (χ0n) is 8.85. The molecule has 0 fully saturated rings. The number of halogens is 1. The van der Waals surface area contributed by atoms with Crippen LogP contribution in [0.15, 0.2) is 20.4 Å². The fourth-order valence-corrected chi connectivity index (χ4v) is 2.51. The van der Waals surface area contributed by atoms with Crippen LogP contribution in [0.1, 0.15) is 25.7 Å². The molecule has 0 saturated carbocycles. The second-order valence-electron chi connectivity index (χ2n) is 3.61. The summed E-state index contributed by atoms with van der Waals surface area (Å²) in [6.45, 7) is 3.56. The first kappa shape index (κ1) is 11.8. The second kappa shape index (κ2) is 4.65. The number of nitrogens with zero attached hydrogens (tertiary/aromatic N) is 2. The largest absolute Gasteiger partial charge is 0.393 e. The van der Waals surface area contributed by atoms with Crippen LogP contribution >= 0.6 is 27.3 Å². The molecule has 2 atom stereocenters. The van der Waals surface area contributed by atoms with Crippen molar-refractivity contribution in [1.29, 1.82) is 0 Å². The van der Waals surface area contributed by atoms with E-state index in [4.69, 9.17) is 4.52 Å². The molecule has 2 rings (SSSR count). The molecule has 0 aromatic carbocycles. The number of rotatable bonds is 3. The van der Waals surface area contributed by atoms with Gasteiger partial charge in [-0.15, -0.1) is 11.3 Å². The number of aromatic nitrogens is 2. The van der Waals surface area contributed by atoms with Gasteiger partial charge in [0.2, 0.25) is 11.7 Å². The topological polar surface area (TPSA) is 59.2 Å². The average Bonchev–Trinajstić information content (AvgIpc) is 2.84. The van der Waals surface area contributed by atoms with E-state index in [0.717, 1.165) is 9.35 Å². The number of aliphatic hydroxyl groups excluding tert-OH is 1. The maximum Gasteiger partial charge on any atom is 0.232 e. The zero-order chi connectivity index (χ0) is 11.7. The molecule has 2 aromatic heterocycles. The fourth-order valence-electron chi connectivity index (χ4n) is 1.16. The van der Waals surface area contributed by atoms with E-state index in [1.54, 1.807) is 18.3 Å². The monoisotopic (exact) mass is 302 g/mol. The molecular weight excluding hydrogens is 292 g/mol. The molecule has 86 valence electrons. The summed E-state index contributed by atoms with van der Waals surface area (Å²) in [6, 6.07) is 1.94. The average molecular weight is 303 g/mol. The molecule has 0 bridgehead atoms. The minimum atomic E-state index is -0.497. The van der Waals surface area contributed by atoms with Crippen LogP contribution in [0.25, 0.3) is 10.7 Å². The van der Waals surface area contributed by atoms with Crippen molar-refractivity contribution in [1.82, 2.24) is 10.1 Å². The van der Waals surface area contributed by atoms with Crippen LogP contribution in [0.5, 0.6) is 0 Å². The molecule has 2 aromatic rings. The van der Waals surface area contributed by atoms with Crippen molar-refractivity contribution in [3.05, 3.63) is 21.8 Å².